The van der Waals surface area contributed by atoms with Gasteiger partial charge in [0, 0.05) is 17.8 Å². The molecule has 2 aromatic rings. The van der Waals surface area contributed by atoms with Crippen molar-refractivity contribution in [3.05, 3.63) is 33.1 Å². The van der Waals surface area contributed by atoms with Gasteiger partial charge in [0.1, 0.15) is 6.04 Å². The number of thiophene rings is 1. The van der Waals surface area contributed by atoms with Gasteiger partial charge in [-0.1, -0.05) is 16.8 Å². The minimum absolute atomic E-state index is 0.239. The van der Waals surface area contributed by atoms with E-state index in [-0.39, 0.29) is 12.6 Å². The van der Waals surface area contributed by atoms with E-state index in [0.29, 0.717) is 29.0 Å². The number of hydrogen-bond donors (Lipinski definition) is 2. The third kappa shape index (κ3) is 3.23. The lowest BCUT2D eigenvalue weighted by Gasteiger charge is -2.21. The molecule has 1 aliphatic rings. The van der Waals surface area contributed by atoms with E-state index >= 15 is 0 Å². The van der Waals surface area contributed by atoms with Gasteiger partial charge in [-0.15, -0.1) is 11.3 Å². The normalized spacial score (nSPS) is 21.3. The molecule has 0 aliphatic carbocycles. The zero-order chi connectivity index (χ0) is 15.7. The van der Waals surface area contributed by atoms with Gasteiger partial charge in [-0.25, -0.2) is 4.79 Å². The molecule has 0 unspecified atom stereocenters. The Morgan fingerprint density at radius 2 is 2.45 bits per heavy atom. The van der Waals surface area contributed by atoms with E-state index in [4.69, 9.17) is 16.1 Å². The molecule has 0 bridgehead atoms. The fraction of sp³-hybridized carbons (Fsp3) is 0.462. The second-order valence-corrected chi connectivity index (χ2v) is 6.90. The van der Waals surface area contributed by atoms with Crippen molar-refractivity contribution in [2.24, 2.45) is 0 Å². The predicted octanol–water partition coefficient (Wildman–Crippen LogP) is 2.11. The summed E-state index contributed by atoms with van der Waals surface area (Å²) in [6, 6.07) is 2.98. The molecule has 1 fully saturated rings. The number of urea groups is 1. The molecule has 9 heteroatoms. The Morgan fingerprint density at radius 1 is 1.64 bits per heavy atom. The highest BCUT2D eigenvalue weighted by molar-refractivity contribution is 7.16. The molecule has 2 aromatic heterocycles. The number of aliphatic hydroxyl groups excluding tert-OH is 1. The Balaban J connectivity index is 1.67. The first-order valence-electron chi connectivity index (χ1n) is 6.80. The highest BCUT2D eigenvalue weighted by Crippen LogP contribution is 2.31. The Hall–Kier alpha value is -1.64. The average Bonchev–Trinajstić information content (AvgIpc) is 3.16. The van der Waals surface area contributed by atoms with Crippen LogP contribution in [0.1, 0.15) is 29.1 Å². The summed E-state index contributed by atoms with van der Waals surface area (Å²) in [5.41, 5.74) is 0. The summed E-state index contributed by atoms with van der Waals surface area (Å²) >= 11 is 7.28. The SMILES string of the molecule is Cc1noc([C@H]2C[C@@H](O)CN2C(=O)NCc2ccc(Cl)s2)n1. The third-order valence-corrected chi connectivity index (χ3v) is 4.64. The quantitative estimate of drug-likeness (QED) is 0.891. The molecule has 0 aromatic carbocycles. The molecule has 1 aliphatic heterocycles. The van der Waals surface area contributed by atoms with Gasteiger partial charge in [0.05, 0.1) is 17.0 Å². The molecule has 2 atom stereocenters. The number of likely N-dealkylation sites (tertiary alicyclic amines) is 1. The third-order valence-electron chi connectivity index (χ3n) is 3.41. The Morgan fingerprint density at radius 3 is 3.09 bits per heavy atom. The zero-order valence-electron chi connectivity index (χ0n) is 11.8. The van der Waals surface area contributed by atoms with E-state index in [9.17, 15) is 9.90 Å². The number of rotatable bonds is 3. The van der Waals surface area contributed by atoms with Crippen molar-refractivity contribution in [2.45, 2.75) is 32.0 Å². The van der Waals surface area contributed by atoms with Crippen molar-refractivity contribution in [2.75, 3.05) is 6.54 Å². The first-order valence-corrected chi connectivity index (χ1v) is 7.99. The molecule has 0 radical (unpaired) electrons. The van der Waals surface area contributed by atoms with Crippen LogP contribution >= 0.6 is 22.9 Å². The number of aryl methyl sites for hydroxylation is 1. The molecule has 2 N–H and O–H groups in total. The second-order valence-electron chi connectivity index (χ2n) is 5.10. The number of nitrogens with one attached hydrogen (secondary N) is 1. The van der Waals surface area contributed by atoms with Crippen LogP contribution in [0.2, 0.25) is 4.34 Å². The number of halogens is 1. The van der Waals surface area contributed by atoms with E-state index in [0.717, 1.165) is 4.88 Å². The van der Waals surface area contributed by atoms with Crippen molar-refractivity contribution in [1.29, 1.82) is 0 Å². The number of carbonyl (C=O) groups excluding carboxylic acids is 1. The lowest BCUT2D eigenvalue weighted by molar-refractivity contribution is 0.166. The number of aromatic nitrogens is 2. The number of carbonyl (C=O) groups is 1. The van der Waals surface area contributed by atoms with E-state index in [2.05, 4.69) is 15.5 Å². The van der Waals surface area contributed by atoms with Crippen molar-refractivity contribution < 1.29 is 14.4 Å². The number of β-amino-alcohol motifs (C(OH)–C–C–N with tert-alkyl or cyclic N) is 1. The van der Waals surface area contributed by atoms with Gasteiger partial charge in [-0.05, 0) is 19.1 Å². The van der Waals surface area contributed by atoms with Crippen LogP contribution in [-0.4, -0.2) is 38.8 Å². The molecule has 0 spiro atoms. The summed E-state index contributed by atoms with van der Waals surface area (Å²) in [5, 5.41) is 16.4. The number of nitrogens with zero attached hydrogens (tertiary/aromatic N) is 3. The van der Waals surface area contributed by atoms with Gasteiger partial charge >= 0.3 is 6.03 Å². The van der Waals surface area contributed by atoms with Gasteiger partial charge in [-0.3, -0.25) is 0 Å². The van der Waals surface area contributed by atoms with Crippen LogP contribution in [0.5, 0.6) is 0 Å². The van der Waals surface area contributed by atoms with Crippen LogP contribution in [0.4, 0.5) is 4.79 Å². The molecular weight excluding hydrogens is 328 g/mol. The number of hydrogen-bond acceptors (Lipinski definition) is 6. The molecular formula is C13H15ClN4O3S. The topological polar surface area (TPSA) is 91.5 Å². The van der Waals surface area contributed by atoms with E-state index in [1.807, 2.05) is 6.07 Å². The maximum absolute atomic E-state index is 12.3. The fourth-order valence-corrected chi connectivity index (χ4v) is 3.46. The van der Waals surface area contributed by atoms with Gasteiger partial charge in [0.15, 0.2) is 5.82 Å². The van der Waals surface area contributed by atoms with Crippen LogP contribution in [-0.2, 0) is 6.54 Å². The smallest absolute Gasteiger partial charge is 0.318 e. The van der Waals surface area contributed by atoms with Crippen LogP contribution in [0, 0.1) is 6.92 Å². The molecule has 3 rings (SSSR count). The molecule has 7 nitrogen and oxygen atoms in total. The van der Waals surface area contributed by atoms with Crippen LogP contribution < -0.4 is 5.32 Å². The highest BCUT2D eigenvalue weighted by atomic mass is 35.5. The molecule has 3 heterocycles. The van der Waals surface area contributed by atoms with Gasteiger partial charge in [-0.2, -0.15) is 4.98 Å². The minimum atomic E-state index is -0.598. The summed E-state index contributed by atoms with van der Waals surface area (Å²) in [7, 11) is 0. The second kappa shape index (κ2) is 6.23. The van der Waals surface area contributed by atoms with Crippen molar-refractivity contribution in [3.63, 3.8) is 0 Å². The Labute approximate surface area is 135 Å². The average molecular weight is 343 g/mol. The van der Waals surface area contributed by atoms with Crippen molar-refractivity contribution >= 4 is 29.0 Å². The number of amides is 2. The maximum atomic E-state index is 12.3. The summed E-state index contributed by atoms with van der Waals surface area (Å²) in [4.78, 5) is 19.0. The summed E-state index contributed by atoms with van der Waals surface area (Å²) in [6.07, 6.45) is -0.209. The van der Waals surface area contributed by atoms with Crippen LogP contribution in [0.3, 0.4) is 0 Å². The first kappa shape index (κ1) is 15.3. The zero-order valence-corrected chi connectivity index (χ0v) is 13.4. The van der Waals surface area contributed by atoms with E-state index in [1.165, 1.54) is 16.2 Å². The summed E-state index contributed by atoms with van der Waals surface area (Å²) in [6.45, 7) is 2.34. The molecule has 2 amide bonds. The van der Waals surface area contributed by atoms with E-state index < -0.39 is 12.1 Å². The highest BCUT2D eigenvalue weighted by Gasteiger charge is 2.38. The first-order chi connectivity index (χ1) is 10.5. The molecule has 0 saturated carbocycles. The Kier molecular flexibility index (Phi) is 4.32. The van der Waals surface area contributed by atoms with Crippen molar-refractivity contribution in [3.8, 4) is 0 Å². The van der Waals surface area contributed by atoms with Crippen LogP contribution in [0.25, 0.3) is 0 Å². The maximum Gasteiger partial charge on any atom is 0.318 e. The largest absolute Gasteiger partial charge is 0.391 e. The lowest BCUT2D eigenvalue weighted by Crippen LogP contribution is -2.39. The summed E-state index contributed by atoms with van der Waals surface area (Å²) < 4.78 is 5.81. The molecule has 1 saturated heterocycles. The van der Waals surface area contributed by atoms with E-state index in [1.54, 1.807) is 13.0 Å². The standard InChI is InChI=1S/C13H15ClN4O3S/c1-7-16-12(21-17-7)10-4-8(19)6-18(10)13(20)15-5-9-2-3-11(14)22-9/h2-3,8,10,19H,4-6H2,1H3,(H,15,20)/t8-,10-/m1/s1. The van der Waals surface area contributed by atoms with Gasteiger partial charge in [0.2, 0.25) is 5.89 Å². The van der Waals surface area contributed by atoms with Gasteiger partial charge < -0.3 is 19.8 Å². The molecule has 118 valence electrons. The van der Waals surface area contributed by atoms with Crippen LogP contribution in [0.15, 0.2) is 16.7 Å². The lowest BCUT2D eigenvalue weighted by atomic mass is 10.2. The summed E-state index contributed by atoms with van der Waals surface area (Å²) in [5.74, 6) is 0.855. The Bertz CT molecular complexity index is 674. The fourth-order valence-electron chi connectivity index (χ4n) is 2.43. The minimum Gasteiger partial charge on any atom is -0.391 e. The predicted molar refractivity (Wildman–Crippen MR) is 80.7 cm³/mol. The van der Waals surface area contributed by atoms with Crippen molar-refractivity contribution in [1.82, 2.24) is 20.4 Å². The monoisotopic (exact) mass is 342 g/mol. The van der Waals surface area contributed by atoms with Gasteiger partial charge in [0.25, 0.3) is 0 Å². The molecule has 22 heavy (non-hydrogen) atoms. The number of aliphatic hydroxyl groups is 1.